The SMILES string of the molecule is CC1CN(C)CCC1NCC(O)c1cc(Cl)cc(Cl)c1. The van der Waals surface area contributed by atoms with Crippen LogP contribution in [0.4, 0.5) is 0 Å². The molecule has 3 unspecified atom stereocenters. The van der Waals surface area contributed by atoms with Crippen LogP contribution < -0.4 is 5.32 Å². The fourth-order valence-corrected chi connectivity index (χ4v) is 3.35. The molecular weight excluding hydrogens is 295 g/mol. The molecule has 5 heteroatoms. The van der Waals surface area contributed by atoms with Gasteiger partial charge < -0.3 is 15.3 Å². The van der Waals surface area contributed by atoms with E-state index in [0.717, 1.165) is 25.1 Å². The van der Waals surface area contributed by atoms with Gasteiger partial charge in [-0.05, 0) is 49.7 Å². The zero-order valence-corrected chi connectivity index (χ0v) is 13.5. The van der Waals surface area contributed by atoms with Crippen molar-refractivity contribution in [2.75, 3.05) is 26.7 Å². The number of piperidine rings is 1. The minimum absolute atomic E-state index is 0.454. The normalized spacial score (nSPS) is 25.6. The van der Waals surface area contributed by atoms with Gasteiger partial charge in [0.1, 0.15) is 0 Å². The molecule has 1 aromatic rings. The summed E-state index contributed by atoms with van der Waals surface area (Å²) in [5, 5.41) is 14.8. The Labute approximate surface area is 130 Å². The Morgan fingerprint density at radius 1 is 1.35 bits per heavy atom. The van der Waals surface area contributed by atoms with E-state index in [2.05, 4.69) is 24.2 Å². The van der Waals surface area contributed by atoms with E-state index in [1.165, 1.54) is 0 Å². The maximum Gasteiger partial charge on any atom is 0.0915 e. The van der Waals surface area contributed by atoms with Crippen LogP contribution in [0, 0.1) is 5.92 Å². The van der Waals surface area contributed by atoms with Crippen molar-refractivity contribution in [3.63, 3.8) is 0 Å². The molecule has 0 spiro atoms. The summed E-state index contributed by atoms with van der Waals surface area (Å²) in [5.74, 6) is 0.587. The lowest BCUT2D eigenvalue weighted by atomic mass is 9.94. The van der Waals surface area contributed by atoms with Crippen LogP contribution >= 0.6 is 23.2 Å². The summed E-state index contributed by atoms with van der Waals surface area (Å²) in [6, 6.07) is 5.65. The number of hydrogen-bond donors (Lipinski definition) is 2. The highest BCUT2D eigenvalue weighted by Crippen LogP contribution is 2.24. The molecule has 1 saturated heterocycles. The van der Waals surface area contributed by atoms with Crippen molar-refractivity contribution in [3.05, 3.63) is 33.8 Å². The first-order valence-electron chi connectivity index (χ1n) is 7.01. The predicted molar refractivity (Wildman–Crippen MR) is 84.5 cm³/mol. The summed E-state index contributed by atoms with van der Waals surface area (Å²) < 4.78 is 0. The second-order valence-electron chi connectivity index (χ2n) is 5.76. The Hall–Kier alpha value is -0.320. The monoisotopic (exact) mass is 316 g/mol. The molecule has 1 heterocycles. The van der Waals surface area contributed by atoms with Crippen LogP contribution in [-0.4, -0.2) is 42.7 Å². The average Bonchev–Trinajstić information content (AvgIpc) is 2.36. The molecule has 1 aliphatic rings. The Morgan fingerprint density at radius 2 is 2.00 bits per heavy atom. The van der Waals surface area contributed by atoms with Gasteiger partial charge in [0.2, 0.25) is 0 Å². The van der Waals surface area contributed by atoms with Gasteiger partial charge in [0.15, 0.2) is 0 Å². The standard InChI is InChI=1S/C15H22Cl2N2O/c1-10-9-19(2)4-3-14(10)18-8-15(20)11-5-12(16)7-13(17)6-11/h5-7,10,14-15,18,20H,3-4,8-9H2,1-2H3. The second-order valence-corrected chi connectivity index (χ2v) is 6.63. The number of nitrogens with zero attached hydrogens (tertiary/aromatic N) is 1. The Balaban J connectivity index is 1.90. The summed E-state index contributed by atoms with van der Waals surface area (Å²) in [6.07, 6.45) is 0.527. The van der Waals surface area contributed by atoms with Crippen LogP contribution in [0.25, 0.3) is 0 Å². The van der Waals surface area contributed by atoms with Crippen molar-refractivity contribution in [2.24, 2.45) is 5.92 Å². The molecule has 112 valence electrons. The summed E-state index contributed by atoms with van der Waals surface area (Å²) >= 11 is 11.9. The van der Waals surface area contributed by atoms with Gasteiger partial charge in [-0.3, -0.25) is 0 Å². The number of nitrogens with one attached hydrogen (secondary N) is 1. The lowest BCUT2D eigenvalue weighted by Gasteiger charge is -2.35. The van der Waals surface area contributed by atoms with Gasteiger partial charge in [0, 0.05) is 29.2 Å². The van der Waals surface area contributed by atoms with Crippen LogP contribution in [0.5, 0.6) is 0 Å². The lowest BCUT2D eigenvalue weighted by Crippen LogP contribution is -2.47. The summed E-state index contributed by atoms with van der Waals surface area (Å²) in [6.45, 7) is 4.96. The highest BCUT2D eigenvalue weighted by Gasteiger charge is 2.24. The smallest absolute Gasteiger partial charge is 0.0915 e. The third kappa shape index (κ3) is 4.34. The third-order valence-electron chi connectivity index (χ3n) is 3.95. The molecule has 1 aromatic carbocycles. The fourth-order valence-electron chi connectivity index (χ4n) is 2.81. The van der Waals surface area contributed by atoms with Crippen LogP contribution in [0.1, 0.15) is 25.0 Å². The first-order chi connectivity index (χ1) is 9.45. The van der Waals surface area contributed by atoms with Crippen LogP contribution in [0.3, 0.4) is 0 Å². The summed E-state index contributed by atoms with van der Waals surface area (Å²) in [5.41, 5.74) is 0.760. The Morgan fingerprint density at radius 3 is 2.60 bits per heavy atom. The van der Waals surface area contributed by atoms with E-state index in [-0.39, 0.29) is 0 Å². The zero-order chi connectivity index (χ0) is 14.7. The lowest BCUT2D eigenvalue weighted by molar-refractivity contribution is 0.137. The third-order valence-corrected chi connectivity index (χ3v) is 4.39. The minimum Gasteiger partial charge on any atom is -0.387 e. The number of likely N-dealkylation sites (tertiary alicyclic amines) is 1. The van der Waals surface area contributed by atoms with Gasteiger partial charge in [0.05, 0.1) is 6.10 Å². The Kier molecular flexibility index (Phi) is 5.70. The summed E-state index contributed by atoms with van der Waals surface area (Å²) in [7, 11) is 2.15. The van der Waals surface area contributed by atoms with Gasteiger partial charge in [0.25, 0.3) is 0 Å². The van der Waals surface area contributed by atoms with Crippen molar-refractivity contribution in [3.8, 4) is 0 Å². The molecule has 1 fully saturated rings. The highest BCUT2D eigenvalue weighted by molar-refractivity contribution is 6.34. The number of halogens is 2. The summed E-state index contributed by atoms with van der Waals surface area (Å²) in [4.78, 5) is 2.34. The molecule has 0 amide bonds. The number of rotatable bonds is 4. The second kappa shape index (κ2) is 7.10. The fraction of sp³-hybridized carbons (Fsp3) is 0.600. The Bertz CT molecular complexity index is 435. The van der Waals surface area contributed by atoms with Crippen LogP contribution in [-0.2, 0) is 0 Å². The van der Waals surface area contributed by atoms with Crippen LogP contribution in [0.2, 0.25) is 10.0 Å². The molecule has 0 bridgehead atoms. The maximum absolute atomic E-state index is 10.2. The highest BCUT2D eigenvalue weighted by atomic mass is 35.5. The zero-order valence-electron chi connectivity index (χ0n) is 11.9. The number of benzene rings is 1. The van der Waals surface area contributed by atoms with E-state index in [4.69, 9.17) is 23.2 Å². The molecular formula is C15H22Cl2N2O. The van der Waals surface area contributed by atoms with Crippen molar-refractivity contribution >= 4 is 23.2 Å². The van der Waals surface area contributed by atoms with E-state index >= 15 is 0 Å². The van der Waals surface area contributed by atoms with Crippen molar-refractivity contribution < 1.29 is 5.11 Å². The van der Waals surface area contributed by atoms with Gasteiger partial charge in [-0.1, -0.05) is 30.1 Å². The van der Waals surface area contributed by atoms with Crippen LogP contribution in [0.15, 0.2) is 18.2 Å². The van der Waals surface area contributed by atoms with E-state index in [9.17, 15) is 5.11 Å². The predicted octanol–water partition coefficient (Wildman–Crippen LogP) is 2.96. The molecule has 0 aliphatic carbocycles. The molecule has 3 nitrogen and oxygen atoms in total. The molecule has 3 atom stereocenters. The molecule has 20 heavy (non-hydrogen) atoms. The molecule has 0 aromatic heterocycles. The number of aliphatic hydroxyl groups is 1. The molecule has 2 rings (SSSR count). The molecule has 2 N–H and O–H groups in total. The van der Waals surface area contributed by atoms with Gasteiger partial charge >= 0.3 is 0 Å². The largest absolute Gasteiger partial charge is 0.387 e. The van der Waals surface area contributed by atoms with Gasteiger partial charge in [-0.15, -0.1) is 0 Å². The molecule has 0 radical (unpaired) electrons. The van der Waals surface area contributed by atoms with E-state index < -0.39 is 6.10 Å². The van der Waals surface area contributed by atoms with Crippen molar-refractivity contribution in [1.82, 2.24) is 10.2 Å². The maximum atomic E-state index is 10.2. The molecule has 0 saturated carbocycles. The minimum atomic E-state index is -0.585. The number of aliphatic hydroxyl groups excluding tert-OH is 1. The van der Waals surface area contributed by atoms with Crippen molar-refractivity contribution in [2.45, 2.75) is 25.5 Å². The quantitative estimate of drug-likeness (QED) is 0.896. The van der Waals surface area contributed by atoms with E-state index in [1.807, 2.05) is 0 Å². The van der Waals surface area contributed by atoms with Gasteiger partial charge in [-0.2, -0.15) is 0 Å². The number of hydrogen-bond acceptors (Lipinski definition) is 3. The average molecular weight is 317 g/mol. The topological polar surface area (TPSA) is 35.5 Å². The first kappa shape index (κ1) is 16.1. The van der Waals surface area contributed by atoms with Crippen molar-refractivity contribution in [1.29, 1.82) is 0 Å². The van der Waals surface area contributed by atoms with Gasteiger partial charge in [-0.25, -0.2) is 0 Å². The van der Waals surface area contributed by atoms with E-state index in [0.29, 0.717) is 28.5 Å². The van der Waals surface area contributed by atoms with E-state index in [1.54, 1.807) is 18.2 Å². The first-order valence-corrected chi connectivity index (χ1v) is 7.77. The molecule has 1 aliphatic heterocycles.